The molecule has 3 aromatic rings. The van der Waals surface area contributed by atoms with Gasteiger partial charge in [0, 0.05) is 16.2 Å². The Hall–Kier alpha value is -1.11. The van der Waals surface area contributed by atoms with Crippen molar-refractivity contribution in [2.75, 3.05) is 0 Å². The molecular formula is C15H13BrN2OS2. The maximum absolute atomic E-state index is 5.75. The highest BCUT2D eigenvalue weighted by atomic mass is 79.9. The van der Waals surface area contributed by atoms with Gasteiger partial charge < -0.3 is 4.42 Å². The van der Waals surface area contributed by atoms with Crippen molar-refractivity contribution in [1.82, 2.24) is 10.2 Å². The molecule has 1 aromatic carbocycles. The number of nitrogens with zero attached hydrogens (tertiary/aromatic N) is 2. The third-order valence-electron chi connectivity index (χ3n) is 2.99. The van der Waals surface area contributed by atoms with Crippen molar-refractivity contribution in [3.05, 3.63) is 50.1 Å². The zero-order valence-corrected chi connectivity index (χ0v) is 14.8. The van der Waals surface area contributed by atoms with E-state index in [0.717, 1.165) is 20.7 Å². The van der Waals surface area contributed by atoms with Crippen LogP contribution in [0.5, 0.6) is 0 Å². The fraction of sp³-hybridized carbons (Fsp3) is 0.200. The first-order valence-corrected chi connectivity index (χ1v) is 8.99. The third-order valence-corrected chi connectivity index (χ3v) is 5.66. The molecule has 0 aliphatic carbocycles. The maximum Gasteiger partial charge on any atom is 0.277 e. The van der Waals surface area contributed by atoms with E-state index in [1.165, 1.54) is 10.4 Å². The first-order chi connectivity index (χ1) is 10.1. The molecule has 21 heavy (non-hydrogen) atoms. The van der Waals surface area contributed by atoms with Crippen LogP contribution in [0.4, 0.5) is 0 Å². The first-order valence-electron chi connectivity index (χ1n) is 6.40. The van der Waals surface area contributed by atoms with Crippen molar-refractivity contribution in [3.63, 3.8) is 0 Å². The SMILES string of the molecule is Cc1ccc(-c2nnc(SCc3ccc(Br)s3)o2)c(C)c1. The number of benzene rings is 1. The monoisotopic (exact) mass is 380 g/mol. The van der Waals surface area contributed by atoms with Gasteiger partial charge in [-0.2, -0.15) is 0 Å². The van der Waals surface area contributed by atoms with E-state index in [4.69, 9.17) is 4.42 Å². The van der Waals surface area contributed by atoms with E-state index >= 15 is 0 Å². The summed E-state index contributed by atoms with van der Waals surface area (Å²) in [6.45, 7) is 4.13. The van der Waals surface area contributed by atoms with Gasteiger partial charge in [-0.15, -0.1) is 21.5 Å². The fourth-order valence-electron chi connectivity index (χ4n) is 1.99. The van der Waals surface area contributed by atoms with Gasteiger partial charge in [-0.1, -0.05) is 29.5 Å². The number of rotatable bonds is 4. The smallest absolute Gasteiger partial charge is 0.277 e. The van der Waals surface area contributed by atoms with Crippen LogP contribution in [-0.2, 0) is 5.75 Å². The molecule has 0 bridgehead atoms. The highest BCUT2D eigenvalue weighted by Crippen LogP contribution is 2.30. The van der Waals surface area contributed by atoms with Gasteiger partial charge in [-0.3, -0.25) is 0 Å². The van der Waals surface area contributed by atoms with Gasteiger partial charge in [-0.25, -0.2) is 0 Å². The van der Waals surface area contributed by atoms with E-state index in [1.807, 2.05) is 6.07 Å². The van der Waals surface area contributed by atoms with Gasteiger partial charge in [-0.05, 0) is 53.5 Å². The second-order valence-electron chi connectivity index (χ2n) is 4.69. The Morgan fingerprint density at radius 1 is 1.19 bits per heavy atom. The van der Waals surface area contributed by atoms with Crippen LogP contribution in [0.3, 0.4) is 0 Å². The Morgan fingerprint density at radius 2 is 2.05 bits per heavy atom. The number of aromatic nitrogens is 2. The molecule has 0 aliphatic rings. The molecule has 2 heterocycles. The molecule has 0 amide bonds. The molecule has 0 N–H and O–H groups in total. The Labute approximate surface area is 139 Å². The van der Waals surface area contributed by atoms with Crippen molar-refractivity contribution in [2.24, 2.45) is 0 Å². The van der Waals surface area contributed by atoms with Gasteiger partial charge in [0.15, 0.2) is 0 Å². The lowest BCUT2D eigenvalue weighted by atomic mass is 10.1. The van der Waals surface area contributed by atoms with Crippen molar-refractivity contribution in [1.29, 1.82) is 0 Å². The normalized spacial score (nSPS) is 11.0. The predicted octanol–water partition coefficient (Wildman–Crippen LogP) is 5.47. The fourth-order valence-corrected chi connectivity index (χ4v) is 4.28. The molecule has 0 unspecified atom stereocenters. The average molecular weight is 381 g/mol. The molecule has 6 heteroatoms. The molecular weight excluding hydrogens is 368 g/mol. The second-order valence-corrected chi connectivity index (χ2v) is 8.16. The number of thioether (sulfide) groups is 1. The molecule has 0 aliphatic heterocycles. The highest BCUT2D eigenvalue weighted by molar-refractivity contribution is 9.11. The summed E-state index contributed by atoms with van der Waals surface area (Å²) in [5.74, 6) is 1.42. The molecule has 0 saturated carbocycles. The van der Waals surface area contributed by atoms with E-state index in [1.54, 1.807) is 23.1 Å². The van der Waals surface area contributed by atoms with E-state index < -0.39 is 0 Å². The molecule has 3 nitrogen and oxygen atoms in total. The van der Waals surface area contributed by atoms with Crippen LogP contribution in [0.1, 0.15) is 16.0 Å². The maximum atomic E-state index is 5.75. The Bertz CT molecular complexity index is 767. The first kappa shape index (κ1) is 14.8. The lowest BCUT2D eigenvalue weighted by Gasteiger charge is -2.01. The molecule has 108 valence electrons. The third kappa shape index (κ3) is 3.56. The lowest BCUT2D eigenvalue weighted by Crippen LogP contribution is -1.84. The van der Waals surface area contributed by atoms with Crippen molar-refractivity contribution in [2.45, 2.75) is 24.8 Å². The largest absolute Gasteiger partial charge is 0.411 e. The molecule has 0 atom stereocenters. The van der Waals surface area contributed by atoms with E-state index in [2.05, 4.69) is 64.2 Å². The molecule has 0 spiro atoms. The lowest BCUT2D eigenvalue weighted by molar-refractivity contribution is 0.465. The number of hydrogen-bond acceptors (Lipinski definition) is 5. The number of halogens is 1. The van der Waals surface area contributed by atoms with Crippen LogP contribution in [0.15, 0.2) is 43.8 Å². The van der Waals surface area contributed by atoms with Gasteiger partial charge in [0.25, 0.3) is 5.22 Å². The number of hydrogen-bond donors (Lipinski definition) is 0. The topological polar surface area (TPSA) is 38.9 Å². The van der Waals surface area contributed by atoms with Crippen molar-refractivity contribution in [3.8, 4) is 11.5 Å². The Kier molecular flexibility index (Phi) is 4.47. The van der Waals surface area contributed by atoms with Gasteiger partial charge >= 0.3 is 0 Å². The summed E-state index contributed by atoms with van der Waals surface area (Å²) < 4.78 is 6.89. The second kappa shape index (κ2) is 6.34. The van der Waals surface area contributed by atoms with E-state index in [-0.39, 0.29) is 0 Å². The van der Waals surface area contributed by atoms with E-state index in [0.29, 0.717) is 11.1 Å². The predicted molar refractivity (Wildman–Crippen MR) is 90.8 cm³/mol. The van der Waals surface area contributed by atoms with Crippen LogP contribution in [0, 0.1) is 13.8 Å². The molecule has 0 fully saturated rings. The summed E-state index contributed by atoms with van der Waals surface area (Å²) in [6.07, 6.45) is 0. The summed E-state index contributed by atoms with van der Waals surface area (Å²) in [7, 11) is 0. The zero-order chi connectivity index (χ0) is 14.8. The Morgan fingerprint density at radius 3 is 2.76 bits per heavy atom. The summed E-state index contributed by atoms with van der Waals surface area (Å²) >= 11 is 6.75. The number of thiophene rings is 1. The molecule has 3 rings (SSSR count). The average Bonchev–Trinajstić information content (AvgIpc) is 3.05. The van der Waals surface area contributed by atoms with Gasteiger partial charge in [0.05, 0.1) is 3.79 Å². The van der Waals surface area contributed by atoms with Crippen LogP contribution in [0.25, 0.3) is 11.5 Å². The van der Waals surface area contributed by atoms with Crippen LogP contribution >= 0.6 is 39.0 Å². The van der Waals surface area contributed by atoms with Gasteiger partial charge in [0.2, 0.25) is 5.89 Å². The number of aryl methyl sites for hydroxylation is 2. The molecule has 2 aromatic heterocycles. The summed E-state index contributed by atoms with van der Waals surface area (Å²) in [5.41, 5.74) is 3.38. The Balaban J connectivity index is 1.74. The minimum absolute atomic E-state index is 0.586. The summed E-state index contributed by atoms with van der Waals surface area (Å²) in [6, 6.07) is 10.4. The van der Waals surface area contributed by atoms with Gasteiger partial charge in [0.1, 0.15) is 0 Å². The van der Waals surface area contributed by atoms with Crippen molar-refractivity contribution >= 4 is 39.0 Å². The van der Waals surface area contributed by atoms with E-state index in [9.17, 15) is 0 Å². The minimum atomic E-state index is 0.586. The molecule has 0 saturated heterocycles. The van der Waals surface area contributed by atoms with Crippen LogP contribution < -0.4 is 0 Å². The molecule has 0 radical (unpaired) electrons. The van der Waals surface area contributed by atoms with Crippen LogP contribution in [-0.4, -0.2) is 10.2 Å². The standard InChI is InChI=1S/C15H13BrN2OS2/c1-9-3-5-12(10(2)7-9)14-17-18-15(19-14)20-8-11-4-6-13(16)21-11/h3-7H,8H2,1-2H3. The summed E-state index contributed by atoms with van der Waals surface area (Å²) in [4.78, 5) is 1.28. The van der Waals surface area contributed by atoms with Crippen LogP contribution in [0.2, 0.25) is 0 Å². The van der Waals surface area contributed by atoms with Crippen molar-refractivity contribution < 1.29 is 4.42 Å². The minimum Gasteiger partial charge on any atom is -0.411 e. The zero-order valence-electron chi connectivity index (χ0n) is 11.6. The quantitative estimate of drug-likeness (QED) is 0.562. The highest BCUT2D eigenvalue weighted by Gasteiger charge is 2.11. The summed E-state index contributed by atoms with van der Waals surface area (Å²) in [5, 5.41) is 8.87.